The van der Waals surface area contributed by atoms with Crippen LogP contribution in [-0.4, -0.2) is 43.8 Å². The Hall–Kier alpha value is -1.68. The van der Waals surface area contributed by atoms with Crippen LogP contribution in [0.25, 0.3) is 0 Å². The molecule has 1 amide bonds. The average molecular weight is 248 g/mol. The lowest BCUT2D eigenvalue weighted by Crippen LogP contribution is -2.35. The maximum absolute atomic E-state index is 11.8. The Morgan fingerprint density at radius 1 is 1.17 bits per heavy atom. The molecule has 98 valence electrons. The van der Waals surface area contributed by atoms with Crippen molar-refractivity contribution in [2.45, 2.75) is 13.3 Å². The smallest absolute Gasteiger partial charge is 0.292 e. The van der Waals surface area contributed by atoms with Crippen molar-refractivity contribution in [3.05, 3.63) is 35.4 Å². The van der Waals surface area contributed by atoms with Gasteiger partial charge in [-0.15, -0.1) is 0 Å². The van der Waals surface area contributed by atoms with Gasteiger partial charge in [0.2, 0.25) is 5.78 Å². The number of Topliss-reactive ketones (excluding diaryl/α,β-unsaturated/α-hetero) is 1. The Labute approximate surface area is 108 Å². The van der Waals surface area contributed by atoms with E-state index in [0.29, 0.717) is 18.7 Å². The van der Waals surface area contributed by atoms with Gasteiger partial charge in [0.05, 0.1) is 0 Å². The van der Waals surface area contributed by atoms with E-state index in [1.807, 2.05) is 38.1 Å². The number of carbonyl (C=O) groups is 2. The highest BCUT2D eigenvalue weighted by molar-refractivity contribution is 6.42. The lowest BCUT2D eigenvalue weighted by Gasteiger charge is -2.09. The summed E-state index contributed by atoms with van der Waals surface area (Å²) >= 11 is 0. The second-order valence-electron chi connectivity index (χ2n) is 4.44. The van der Waals surface area contributed by atoms with Gasteiger partial charge in [-0.1, -0.05) is 31.2 Å². The fourth-order valence-electron chi connectivity index (χ4n) is 1.50. The lowest BCUT2D eigenvalue weighted by atomic mass is 10.1. The Morgan fingerprint density at radius 2 is 1.78 bits per heavy atom. The molecule has 4 heteroatoms. The second-order valence-corrected chi connectivity index (χ2v) is 4.44. The molecule has 0 aromatic heterocycles. The number of nitrogens with zero attached hydrogens (tertiary/aromatic N) is 1. The summed E-state index contributed by atoms with van der Waals surface area (Å²) in [7, 11) is 3.83. The number of carbonyl (C=O) groups excluding carboxylic acids is 2. The number of amides is 1. The van der Waals surface area contributed by atoms with Gasteiger partial charge in [0.15, 0.2) is 0 Å². The highest BCUT2D eigenvalue weighted by atomic mass is 16.2. The number of hydrogen-bond acceptors (Lipinski definition) is 3. The van der Waals surface area contributed by atoms with E-state index in [-0.39, 0.29) is 0 Å². The van der Waals surface area contributed by atoms with Crippen LogP contribution in [0, 0.1) is 0 Å². The molecule has 1 aromatic rings. The number of nitrogens with one attached hydrogen (secondary N) is 1. The van der Waals surface area contributed by atoms with E-state index in [9.17, 15) is 9.59 Å². The molecule has 0 fully saturated rings. The second kappa shape index (κ2) is 6.91. The molecule has 4 nitrogen and oxygen atoms in total. The predicted octanol–water partition coefficient (Wildman–Crippen LogP) is 1.11. The van der Waals surface area contributed by atoms with Gasteiger partial charge in [-0.05, 0) is 26.1 Å². The predicted molar refractivity (Wildman–Crippen MR) is 71.7 cm³/mol. The summed E-state index contributed by atoms with van der Waals surface area (Å²) in [6, 6.07) is 7.15. The van der Waals surface area contributed by atoms with Crippen molar-refractivity contribution in [1.29, 1.82) is 0 Å². The number of rotatable bonds is 6. The monoisotopic (exact) mass is 248 g/mol. The molecule has 0 saturated heterocycles. The van der Waals surface area contributed by atoms with Crippen molar-refractivity contribution in [1.82, 2.24) is 10.2 Å². The molecule has 0 aliphatic carbocycles. The average Bonchev–Trinajstić information content (AvgIpc) is 2.37. The van der Waals surface area contributed by atoms with E-state index >= 15 is 0 Å². The van der Waals surface area contributed by atoms with Crippen LogP contribution in [0.1, 0.15) is 22.8 Å². The van der Waals surface area contributed by atoms with Crippen molar-refractivity contribution >= 4 is 11.7 Å². The molecule has 0 aliphatic heterocycles. The molecule has 1 rings (SSSR count). The summed E-state index contributed by atoms with van der Waals surface area (Å²) in [4.78, 5) is 25.3. The van der Waals surface area contributed by atoms with Crippen molar-refractivity contribution in [3.63, 3.8) is 0 Å². The summed E-state index contributed by atoms with van der Waals surface area (Å²) in [6.45, 7) is 3.24. The van der Waals surface area contributed by atoms with Crippen LogP contribution in [0.2, 0.25) is 0 Å². The molecule has 0 atom stereocenters. The zero-order chi connectivity index (χ0) is 13.5. The normalized spacial score (nSPS) is 10.4. The van der Waals surface area contributed by atoms with Crippen LogP contribution in [0.5, 0.6) is 0 Å². The molecular weight excluding hydrogens is 228 g/mol. The Balaban J connectivity index is 2.54. The summed E-state index contributed by atoms with van der Waals surface area (Å²) in [5.41, 5.74) is 1.59. The third kappa shape index (κ3) is 4.30. The molecule has 18 heavy (non-hydrogen) atoms. The Morgan fingerprint density at radius 3 is 2.28 bits per heavy atom. The van der Waals surface area contributed by atoms with E-state index in [0.717, 1.165) is 12.0 Å². The van der Waals surface area contributed by atoms with Crippen LogP contribution < -0.4 is 5.32 Å². The molecule has 0 saturated carbocycles. The Kier molecular flexibility index (Phi) is 5.52. The first-order valence-electron chi connectivity index (χ1n) is 6.10. The Bertz CT molecular complexity index is 410. The van der Waals surface area contributed by atoms with Gasteiger partial charge in [-0.2, -0.15) is 0 Å². The van der Waals surface area contributed by atoms with Crippen LogP contribution >= 0.6 is 0 Å². The number of ketones is 1. The minimum absolute atomic E-state index is 0.439. The quantitative estimate of drug-likeness (QED) is 0.606. The largest absolute Gasteiger partial charge is 0.348 e. The zero-order valence-electron chi connectivity index (χ0n) is 11.2. The molecule has 0 unspecified atom stereocenters. The first-order chi connectivity index (χ1) is 8.54. The van der Waals surface area contributed by atoms with E-state index in [2.05, 4.69) is 5.32 Å². The minimum Gasteiger partial charge on any atom is -0.348 e. The summed E-state index contributed by atoms with van der Waals surface area (Å²) in [5, 5.41) is 2.61. The molecule has 0 bridgehead atoms. The van der Waals surface area contributed by atoms with Crippen molar-refractivity contribution < 1.29 is 9.59 Å². The number of likely N-dealkylation sites (N-methyl/N-ethyl adjacent to an activating group) is 1. The summed E-state index contributed by atoms with van der Waals surface area (Å²) in [5.74, 6) is -1.02. The first-order valence-corrected chi connectivity index (χ1v) is 6.10. The summed E-state index contributed by atoms with van der Waals surface area (Å²) in [6.07, 6.45) is 0.920. The first kappa shape index (κ1) is 14.4. The van der Waals surface area contributed by atoms with Crippen LogP contribution in [-0.2, 0) is 11.2 Å². The minimum atomic E-state index is -0.541. The van der Waals surface area contributed by atoms with Crippen LogP contribution in [0.3, 0.4) is 0 Å². The molecule has 0 heterocycles. The SMILES string of the molecule is CCc1ccc(C(=O)C(=O)NCCN(C)C)cc1. The van der Waals surface area contributed by atoms with E-state index in [4.69, 9.17) is 0 Å². The van der Waals surface area contributed by atoms with Crippen molar-refractivity contribution in [2.75, 3.05) is 27.2 Å². The van der Waals surface area contributed by atoms with Gasteiger partial charge in [-0.3, -0.25) is 9.59 Å². The maximum Gasteiger partial charge on any atom is 0.292 e. The number of benzene rings is 1. The molecule has 0 radical (unpaired) electrons. The van der Waals surface area contributed by atoms with Gasteiger partial charge in [0.1, 0.15) is 0 Å². The van der Waals surface area contributed by atoms with E-state index in [1.165, 1.54) is 0 Å². The summed E-state index contributed by atoms with van der Waals surface area (Å²) < 4.78 is 0. The fourth-order valence-corrected chi connectivity index (χ4v) is 1.50. The maximum atomic E-state index is 11.8. The van der Waals surface area contributed by atoms with Gasteiger partial charge in [0, 0.05) is 18.7 Å². The number of aryl methyl sites for hydroxylation is 1. The van der Waals surface area contributed by atoms with Gasteiger partial charge < -0.3 is 10.2 Å². The third-order valence-corrected chi connectivity index (χ3v) is 2.68. The van der Waals surface area contributed by atoms with Gasteiger partial charge >= 0.3 is 0 Å². The molecule has 0 aliphatic rings. The van der Waals surface area contributed by atoms with Gasteiger partial charge in [0.25, 0.3) is 5.91 Å². The molecular formula is C14H20N2O2. The highest BCUT2D eigenvalue weighted by Gasteiger charge is 2.15. The molecule has 1 N–H and O–H groups in total. The van der Waals surface area contributed by atoms with E-state index in [1.54, 1.807) is 12.1 Å². The van der Waals surface area contributed by atoms with Crippen LogP contribution in [0.4, 0.5) is 0 Å². The van der Waals surface area contributed by atoms with Gasteiger partial charge in [-0.25, -0.2) is 0 Å². The van der Waals surface area contributed by atoms with Crippen molar-refractivity contribution in [3.8, 4) is 0 Å². The van der Waals surface area contributed by atoms with Crippen molar-refractivity contribution in [2.24, 2.45) is 0 Å². The highest BCUT2D eigenvalue weighted by Crippen LogP contribution is 2.05. The third-order valence-electron chi connectivity index (χ3n) is 2.68. The number of hydrogen-bond donors (Lipinski definition) is 1. The lowest BCUT2D eigenvalue weighted by molar-refractivity contribution is -0.117. The standard InChI is InChI=1S/C14H20N2O2/c1-4-11-5-7-12(8-6-11)13(17)14(18)15-9-10-16(2)3/h5-8H,4,9-10H2,1-3H3,(H,15,18). The van der Waals surface area contributed by atoms with Crippen LogP contribution in [0.15, 0.2) is 24.3 Å². The molecule has 1 aromatic carbocycles. The van der Waals surface area contributed by atoms with E-state index < -0.39 is 11.7 Å². The zero-order valence-corrected chi connectivity index (χ0v) is 11.2. The fraction of sp³-hybridized carbons (Fsp3) is 0.429. The molecule has 0 spiro atoms. The topological polar surface area (TPSA) is 49.4 Å².